The number of carbonyl (C=O) groups is 1. The van der Waals surface area contributed by atoms with Crippen molar-refractivity contribution >= 4 is 38.2 Å². The van der Waals surface area contributed by atoms with Crippen LogP contribution in [-0.4, -0.2) is 48.2 Å². The van der Waals surface area contributed by atoms with Crippen molar-refractivity contribution in [2.75, 3.05) is 23.8 Å². The number of fused-ring (bicyclic) bond motifs is 3. The van der Waals surface area contributed by atoms with Gasteiger partial charge in [-0.2, -0.15) is 0 Å². The lowest BCUT2D eigenvalue weighted by Crippen LogP contribution is -2.25. The fourth-order valence-electron chi connectivity index (χ4n) is 4.79. The van der Waals surface area contributed by atoms with Crippen molar-refractivity contribution in [3.05, 3.63) is 83.4 Å². The first-order valence-electron chi connectivity index (χ1n) is 12.2. The molecule has 1 N–H and O–H groups in total. The van der Waals surface area contributed by atoms with E-state index in [9.17, 15) is 13.2 Å². The van der Waals surface area contributed by atoms with Crippen LogP contribution >= 0.6 is 0 Å². The van der Waals surface area contributed by atoms with Crippen LogP contribution in [0.5, 0.6) is 0 Å². The number of amides is 1. The van der Waals surface area contributed by atoms with Gasteiger partial charge in [0.2, 0.25) is 0 Å². The number of aromatic nitrogens is 3. The van der Waals surface area contributed by atoms with Gasteiger partial charge in [-0.05, 0) is 60.4 Å². The summed E-state index contributed by atoms with van der Waals surface area (Å²) in [4.78, 5) is 28.8. The number of aryl methyl sites for hydroxylation is 1. The highest BCUT2D eigenvalue weighted by Gasteiger charge is 2.24. The number of carbonyl (C=O) groups excluding carboxylic acids is 1. The third-order valence-corrected chi connectivity index (χ3v) is 8.50. The van der Waals surface area contributed by atoms with E-state index >= 15 is 0 Å². The molecule has 0 fully saturated rings. The van der Waals surface area contributed by atoms with E-state index in [2.05, 4.69) is 26.3 Å². The standard InChI is InChI=1S/C27H25N5O4S/c33-27(19-3-4-21-17-36-10-11-37(34,35)25(21)12-19)30-15-22-13-23-20(14-29-22)5-6-26(31-23)32-9-1-2-18-7-8-28-16-24(18)32/h3-8,12-14,16H,1-2,9-11,15,17H2,(H,30,33). The summed E-state index contributed by atoms with van der Waals surface area (Å²) in [5.74, 6) is 0.377. The van der Waals surface area contributed by atoms with Crippen LogP contribution in [0.15, 0.2) is 66.0 Å². The molecular formula is C27H25N5O4S. The van der Waals surface area contributed by atoms with E-state index in [0.29, 0.717) is 11.3 Å². The largest absolute Gasteiger partial charge is 0.376 e. The molecule has 2 aliphatic rings. The Morgan fingerprint density at radius 2 is 2.00 bits per heavy atom. The summed E-state index contributed by atoms with van der Waals surface area (Å²) in [6.45, 7) is 1.41. The molecule has 188 valence electrons. The van der Waals surface area contributed by atoms with Gasteiger partial charge in [-0.3, -0.25) is 14.8 Å². The van der Waals surface area contributed by atoms with Crippen molar-refractivity contribution in [3.63, 3.8) is 0 Å². The third kappa shape index (κ3) is 4.65. The zero-order valence-corrected chi connectivity index (χ0v) is 20.9. The number of hydrogen-bond donors (Lipinski definition) is 1. The van der Waals surface area contributed by atoms with Gasteiger partial charge in [0.1, 0.15) is 5.82 Å². The molecule has 0 atom stereocenters. The van der Waals surface area contributed by atoms with E-state index in [1.54, 1.807) is 18.3 Å². The summed E-state index contributed by atoms with van der Waals surface area (Å²) in [7, 11) is -3.49. The number of rotatable bonds is 4. The first kappa shape index (κ1) is 23.5. The van der Waals surface area contributed by atoms with Gasteiger partial charge in [-0.15, -0.1) is 0 Å². The first-order chi connectivity index (χ1) is 18.0. The Morgan fingerprint density at radius 1 is 1.08 bits per heavy atom. The van der Waals surface area contributed by atoms with Gasteiger partial charge in [-0.25, -0.2) is 13.4 Å². The molecule has 1 aromatic carbocycles. The summed E-state index contributed by atoms with van der Waals surface area (Å²) in [6, 6.07) is 12.6. The molecule has 0 unspecified atom stereocenters. The number of pyridine rings is 3. The molecule has 0 spiro atoms. The Bertz CT molecular complexity index is 1620. The molecule has 5 heterocycles. The van der Waals surface area contributed by atoms with E-state index in [4.69, 9.17) is 9.72 Å². The fourth-order valence-corrected chi connectivity index (χ4v) is 6.18. The summed E-state index contributed by atoms with van der Waals surface area (Å²) in [6.07, 6.45) is 7.52. The molecule has 0 aliphatic carbocycles. The van der Waals surface area contributed by atoms with Gasteiger partial charge in [-0.1, -0.05) is 6.07 Å². The van der Waals surface area contributed by atoms with Crippen molar-refractivity contribution in [2.45, 2.75) is 30.9 Å². The monoisotopic (exact) mass is 515 g/mol. The maximum absolute atomic E-state index is 12.8. The molecule has 1 amide bonds. The van der Waals surface area contributed by atoms with Crippen molar-refractivity contribution in [1.29, 1.82) is 0 Å². The molecule has 3 aromatic heterocycles. The van der Waals surface area contributed by atoms with E-state index in [-0.39, 0.29) is 41.9 Å². The maximum Gasteiger partial charge on any atom is 0.251 e. The minimum Gasteiger partial charge on any atom is -0.376 e. The average molecular weight is 516 g/mol. The smallest absolute Gasteiger partial charge is 0.251 e. The second kappa shape index (κ2) is 9.53. The second-order valence-electron chi connectivity index (χ2n) is 9.17. The zero-order valence-electron chi connectivity index (χ0n) is 20.1. The van der Waals surface area contributed by atoms with Crippen molar-refractivity contribution in [2.24, 2.45) is 0 Å². The Labute approximate surface area is 214 Å². The van der Waals surface area contributed by atoms with Gasteiger partial charge < -0.3 is 15.0 Å². The molecule has 2 aliphatic heterocycles. The maximum atomic E-state index is 12.8. The highest BCUT2D eigenvalue weighted by molar-refractivity contribution is 7.91. The lowest BCUT2D eigenvalue weighted by molar-refractivity contribution is 0.0950. The highest BCUT2D eigenvalue weighted by atomic mass is 32.2. The number of nitrogens with zero attached hydrogens (tertiary/aromatic N) is 4. The summed E-state index contributed by atoms with van der Waals surface area (Å²) in [5, 5.41) is 3.75. The average Bonchev–Trinajstić information content (AvgIpc) is 3.08. The number of nitrogens with one attached hydrogen (secondary N) is 1. The minimum absolute atomic E-state index is 0.0966. The molecule has 4 aromatic rings. The number of benzene rings is 1. The summed E-state index contributed by atoms with van der Waals surface area (Å²) >= 11 is 0. The zero-order chi connectivity index (χ0) is 25.4. The highest BCUT2D eigenvalue weighted by Crippen LogP contribution is 2.32. The first-order valence-corrected chi connectivity index (χ1v) is 13.8. The number of sulfone groups is 1. The van der Waals surface area contributed by atoms with Crippen LogP contribution in [0.2, 0.25) is 0 Å². The molecular weight excluding hydrogens is 490 g/mol. The number of hydrogen-bond acceptors (Lipinski definition) is 8. The predicted octanol–water partition coefficient (Wildman–Crippen LogP) is 3.34. The lowest BCUT2D eigenvalue weighted by atomic mass is 10.0. The third-order valence-electron chi connectivity index (χ3n) is 6.75. The van der Waals surface area contributed by atoms with E-state index < -0.39 is 9.84 Å². The normalized spacial score (nSPS) is 16.5. The van der Waals surface area contributed by atoms with Gasteiger partial charge in [0, 0.05) is 29.9 Å². The fraction of sp³-hybridized carbons (Fsp3) is 0.259. The predicted molar refractivity (Wildman–Crippen MR) is 138 cm³/mol. The second-order valence-corrected chi connectivity index (χ2v) is 11.3. The molecule has 37 heavy (non-hydrogen) atoms. The van der Waals surface area contributed by atoms with Crippen LogP contribution in [0, 0.1) is 0 Å². The van der Waals surface area contributed by atoms with Crippen LogP contribution in [0.25, 0.3) is 10.9 Å². The van der Waals surface area contributed by atoms with E-state index in [0.717, 1.165) is 41.8 Å². The molecule has 0 saturated carbocycles. The molecule has 10 heteroatoms. The SMILES string of the molecule is O=C(NCc1cc2nc(N3CCCc4ccncc43)ccc2cn1)c1ccc2c(c1)S(=O)(=O)CCOC2. The van der Waals surface area contributed by atoms with Crippen molar-refractivity contribution in [3.8, 4) is 0 Å². The number of ether oxygens (including phenoxy) is 1. The minimum atomic E-state index is -3.49. The Balaban J connectivity index is 1.22. The van der Waals surface area contributed by atoms with Gasteiger partial charge in [0.05, 0.1) is 53.5 Å². The van der Waals surface area contributed by atoms with E-state index in [1.807, 2.05) is 30.6 Å². The molecule has 9 nitrogen and oxygen atoms in total. The van der Waals surface area contributed by atoms with Gasteiger partial charge in [0.15, 0.2) is 9.84 Å². The molecule has 0 saturated heterocycles. The Kier molecular flexibility index (Phi) is 6.05. The Morgan fingerprint density at radius 3 is 2.92 bits per heavy atom. The topological polar surface area (TPSA) is 114 Å². The summed E-state index contributed by atoms with van der Waals surface area (Å²) < 4.78 is 30.5. The van der Waals surface area contributed by atoms with Crippen molar-refractivity contribution < 1.29 is 17.9 Å². The quantitative estimate of drug-likeness (QED) is 0.440. The Hall–Kier alpha value is -3.89. The van der Waals surface area contributed by atoms with Crippen molar-refractivity contribution in [1.82, 2.24) is 20.3 Å². The van der Waals surface area contributed by atoms with E-state index in [1.165, 1.54) is 11.6 Å². The molecule has 0 bridgehead atoms. The summed E-state index contributed by atoms with van der Waals surface area (Å²) in [5.41, 5.74) is 4.63. The molecule has 0 radical (unpaired) electrons. The van der Waals surface area contributed by atoms with Gasteiger partial charge in [0.25, 0.3) is 5.91 Å². The van der Waals surface area contributed by atoms with Crippen LogP contribution < -0.4 is 10.2 Å². The van der Waals surface area contributed by atoms with Crippen LogP contribution in [0.1, 0.15) is 33.6 Å². The van der Waals surface area contributed by atoms with Crippen LogP contribution in [0.3, 0.4) is 0 Å². The molecule has 6 rings (SSSR count). The van der Waals surface area contributed by atoms with Gasteiger partial charge >= 0.3 is 0 Å². The lowest BCUT2D eigenvalue weighted by Gasteiger charge is -2.30. The number of anilines is 2. The van der Waals surface area contributed by atoms with Crippen LogP contribution in [-0.2, 0) is 34.1 Å². The van der Waals surface area contributed by atoms with Crippen LogP contribution in [0.4, 0.5) is 11.5 Å².